The normalized spacial score (nSPS) is 16.5. The molecule has 1 atom stereocenters. The van der Waals surface area contributed by atoms with Gasteiger partial charge in [-0.3, -0.25) is 19.5 Å². The summed E-state index contributed by atoms with van der Waals surface area (Å²) in [5.74, 6) is -0.417. The van der Waals surface area contributed by atoms with E-state index in [1.807, 2.05) is 19.9 Å². The Bertz CT molecular complexity index is 1160. The molecule has 0 aromatic carbocycles. The molecule has 10 heteroatoms. The number of nitrogens with one attached hydrogen (secondary N) is 2. The van der Waals surface area contributed by atoms with Crippen molar-refractivity contribution in [1.82, 2.24) is 24.5 Å². The molecule has 29 heavy (non-hydrogen) atoms. The average Bonchev–Trinajstić information content (AvgIpc) is 3.39. The quantitative estimate of drug-likeness (QED) is 0.680. The lowest BCUT2D eigenvalue weighted by Crippen LogP contribution is -2.31. The molecule has 0 bridgehead atoms. The van der Waals surface area contributed by atoms with Crippen molar-refractivity contribution in [3.8, 4) is 0 Å². The van der Waals surface area contributed by atoms with Crippen molar-refractivity contribution >= 4 is 33.9 Å². The van der Waals surface area contributed by atoms with Crippen molar-refractivity contribution in [2.45, 2.75) is 46.1 Å². The molecule has 1 saturated heterocycles. The van der Waals surface area contributed by atoms with E-state index in [-0.39, 0.29) is 23.4 Å². The van der Waals surface area contributed by atoms with E-state index < -0.39 is 0 Å². The number of hydrogen-bond donors (Lipinski definition) is 2. The maximum absolute atomic E-state index is 13.0. The van der Waals surface area contributed by atoms with Crippen LogP contribution in [0, 0.1) is 6.92 Å². The summed E-state index contributed by atoms with van der Waals surface area (Å²) in [5, 5.41) is 7.80. The Morgan fingerprint density at radius 2 is 2.17 bits per heavy atom. The molecule has 3 aromatic rings. The highest BCUT2D eigenvalue weighted by molar-refractivity contribution is 7.14. The summed E-state index contributed by atoms with van der Waals surface area (Å²) in [6, 6.07) is 1.66. The summed E-state index contributed by atoms with van der Waals surface area (Å²) < 4.78 is 1.46. The number of aromatic nitrogens is 4. The number of likely N-dealkylation sites (tertiary alicyclic amines) is 1. The van der Waals surface area contributed by atoms with E-state index in [9.17, 15) is 14.4 Å². The molecule has 0 spiro atoms. The van der Waals surface area contributed by atoms with Crippen LogP contribution in [0.4, 0.5) is 5.13 Å². The molecule has 1 aliphatic heterocycles. The van der Waals surface area contributed by atoms with E-state index in [0.717, 1.165) is 24.2 Å². The van der Waals surface area contributed by atoms with Crippen molar-refractivity contribution < 1.29 is 9.59 Å². The van der Waals surface area contributed by atoms with E-state index in [0.29, 0.717) is 35.0 Å². The van der Waals surface area contributed by atoms with Crippen LogP contribution >= 0.6 is 11.3 Å². The number of hydrogen-bond acceptors (Lipinski definition) is 6. The molecule has 0 saturated carbocycles. The second-order valence-corrected chi connectivity index (χ2v) is 7.97. The van der Waals surface area contributed by atoms with Gasteiger partial charge in [-0.05, 0) is 26.2 Å². The van der Waals surface area contributed by atoms with Gasteiger partial charge >= 0.3 is 0 Å². The summed E-state index contributed by atoms with van der Waals surface area (Å²) in [6.45, 7) is 5.78. The van der Waals surface area contributed by atoms with Crippen molar-refractivity contribution in [2.75, 3.05) is 11.9 Å². The summed E-state index contributed by atoms with van der Waals surface area (Å²) in [6.07, 6.45) is 2.26. The maximum Gasteiger partial charge on any atom is 0.276 e. The molecule has 4 heterocycles. The lowest BCUT2D eigenvalue weighted by molar-refractivity contribution is -0.114. The minimum absolute atomic E-state index is 0.100. The van der Waals surface area contributed by atoms with E-state index in [1.165, 1.54) is 22.8 Å². The van der Waals surface area contributed by atoms with Gasteiger partial charge in [0.25, 0.3) is 11.5 Å². The van der Waals surface area contributed by atoms with Crippen molar-refractivity contribution in [3.05, 3.63) is 44.4 Å². The van der Waals surface area contributed by atoms with Crippen LogP contribution < -0.4 is 10.9 Å². The minimum atomic E-state index is -0.227. The van der Waals surface area contributed by atoms with E-state index in [2.05, 4.69) is 20.4 Å². The highest BCUT2D eigenvalue weighted by Crippen LogP contribution is 2.33. The van der Waals surface area contributed by atoms with Gasteiger partial charge in [-0.1, -0.05) is 6.92 Å². The van der Waals surface area contributed by atoms with Gasteiger partial charge in [0.15, 0.2) is 10.8 Å². The van der Waals surface area contributed by atoms with Gasteiger partial charge < -0.3 is 10.2 Å². The van der Waals surface area contributed by atoms with Crippen LogP contribution in [-0.2, 0) is 11.2 Å². The SMILES string of the molecule is CCc1c(C)nc2cc([C@@H]3CCCN3C(=O)c3csc(NC(C)=O)n3)[nH]n2c1=O. The van der Waals surface area contributed by atoms with Crippen LogP contribution in [0.15, 0.2) is 16.2 Å². The lowest BCUT2D eigenvalue weighted by atomic mass is 10.1. The Kier molecular flexibility index (Phi) is 4.95. The summed E-state index contributed by atoms with van der Waals surface area (Å²) in [4.78, 5) is 47.4. The second kappa shape index (κ2) is 7.43. The highest BCUT2D eigenvalue weighted by atomic mass is 32.1. The van der Waals surface area contributed by atoms with Gasteiger partial charge in [0, 0.05) is 36.2 Å². The molecule has 1 fully saturated rings. The first-order valence-electron chi connectivity index (χ1n) is 9.54. The summed E-state index contributed by atoms with van der Waals surface area (Å²) >= 11 is 1.22. The van der Waals surface area contributed by atoms with Crippen molar-refractivity contribution in [1.29, 1.82) is 0 Å². The molecule has 2 N–H and O–H groups in total. The molecule has 3 aromatic heterocycles. The first-order valence-corrected chi connectivity index (χ1v) is 10.4. The molecule has 0 radical (unpaired) electrons. The number of aromatic amines is 1. The number of H-pyrrole nitrogens is 1. The van der Waals surface area contributed by atoms with Gasteiger partial charge in [-0.15, -0.1) is 11.3 Å². The summed E-state index contributed by atoms with van der Waals surface area (Å²) in [5.41, 5.74) is 2.96. The Hall–Kier alpha value is -3.01. The van der Waals surface area contributed by atoms with Crippen LogP contribution in [0.3, 0.4) is 0 Å². The number of amides is 2. The third kappa shape index (κ3) is 3.44. The molecule has 1 aliphatic rings. The molecule has 152 valence electrons. The smallest absolute Gasteiger partial charge is 0.276 e. The first-order chi connectivity index (χ1) is 13.9. The predicted molar refractivity (Wildman–Crippen MR) is 109 cm³/mol. The molecule has 0 aliphatic carbocycles. The van der Waals surface area contributed by atoms with Crippen molar-refractivity contribution in [2.24, 2.45) is 0 Å². The number of thiazole rings is 1. The van der Waals surface area contributed by atoms with Gasteiger partial charge in [-0.2, -0.15) is 0 Å². The van der Waals surface area contributed by atoms with Crippen molar-refractivity contribution in [3.63, 3.8) is 0 Å². The van der Waals surface area contributed by atoms with Crippen LogP contribution in [0.2, 0.25) is 0 Å². The van der Waals surface area contributed by atoms with Crippen LogP contribution in [0.25, 0.3) is 5.65 Å². The van der Waals surface area contributed by atoms with Gasteiger partial charge in [0.1, 0.15) is 5.69 Å². The fourth-order valence-electron chi connectivity index (χ4n) is 3.83. The molecular weight excluding hydrogens is 392 g/mol. The molecular formula is C19H22N6O3S. The number of nitrogens with zero attached hydrogens (tertiary/aromatic N) is 4. The number of anilines is 1. The fraction of sp³-hybridized carbons (Fsp3) is 0.421. The van der Waals surface area contributed by atoms with Crippen LogP contribution in [0.5, 0.6) is 0 Å². The average molecular weight is 414 g/mol. The Morgan fingerprint density at radius 3 is 2.90 bits per heavy atom. The number of fused-ring (bicyclic) bond motifs is 1. The lowest BCUT2D eigenvalue weighted by Gasteiger charge is -2.22. The first kappa shape index (κ1) is 19.3. The topological polar surface area (TPSA) is 112 Å². The Labute approximate surface area is 170 Å². The largest absolute Gasteiger partial charge is 0.329 e. The zero-order valence-electron chi connectivity index (χ0n) is 16.5. The van der Waals surface area contributed by atoms with E-state index >= 15 is 0 Å². The van der Waals surface area contributed by atoms with Crippen LogP contribution in [0.1, 0.15) is 60.2 Å². The number of carbonyl (C=O) groups excluding carboxylic acids is 2. The van der Waals surface area contributed by atoms with E-state index in [1.54, 1.807) is 10.3 Å². The maximum atomic E-state index is 13.0. The number of carbonyl (C=O) groups is 2. The minimum Gasteiger partial charge on any atom is -0.329 e. The number of aryl methyl sites for hydroxylation is 1. The Balaban J connectivity index is 1.65. The standard InChI is InChI=1S/C19H22N6O3S/c1-4-12-10(2)20-16-8-13(23-25(16)17(12)27)15-6-5-7-24(15)18(28)14-9-29-19(22-14)21-11(3)26/h8-9,15,23H,4-7H2,1-3H3,(H,21,22,26)/t15-/m0/s1. The second-order valence-electron chi connectivity index (χ2n) is 7.12. The molecule has 4 rings (SSSR count). The molecule has 9 nitrogen and oxygen atoms in total. The molecule has 0 unspecified atom stereocenters. The van der Waals surface area contributed by atoms with Gasteiger partial charge in [-0.25, -0.2) is 14.5 Å². The predicted octanol–water partition coefficient (Wildman–Crippen LogP) is 2.29. The monoisotopic (exact) mass is 414 g/mol. The number of rotatable bonds is 4. The van der Waals surface area contributed by atoms with Gasteiger partial charge in [0.05, 0.1) is 11.7 Å². The zero-order chi connectivity index (χ0) is 20.7. The zero-order valence-corrected chi connectivity index (χ0v) is 17.3. The third-order valence-electron chi connectivity index (χ3n) is 5.17. The third-order valence-corrected chi connectivity index (χ3v) is 5.93. The molecule has 2 amide bonds. The highest BCUT2D eigenvalue weighted by Gasteiger charge is 2.33. The van der Waals surface area contributed by atoms with E-state index in [4.69, 9.17) is 0 Å². The van der Waals surface area contributed by atoms with Gasteiger partial charge in [0.2, 0.25) is 5.91 Å². The fourth-order valence-corrected chi connectivity index (χ4v) is 4.56. The van der Waals surface area contributed by atoms with Crippen LogP contribution in [-0.4, -0.2) is 42.8 Å². The summed E-state index contributed by atoms with van der Waals surface area (Å²) in [7, 11) is 0. The Morgan fingerprint density at radius 1 is 1.38 bits per heavy atom.